The Labute approximate surface area is 130 Å². The van der Waals surface area contributed by atoms with Crippen molar-refractivity contribution in [2.24, 2.45) is 0 Å². The monoisotopic (exact) mass is 316 g/mol. The molecule has 4 rings (SSSR count). The smallest absolute Gasteiger partial charge is 0.205 e. The molecule has 0 N–H and O–H groups in total. The second-order valence-corrected chi connectivity index (χ2v) is 6.11. The molecule has 7 heteroatoms. The molecule has 1 aliphatic rings. The molecule has 5 nitrogen and oxygen atoms in total. The Kier molecular flexibility index (Phi) is 3.42. The van der Waals surface area contributed by atoms with E-state index in [2.05, 4.69) is 19.7 Å². The van der Waals surface area contributed by atoms with Gasteiger partial charge in [0, 0.05) is 11.6 Å². The van der Waals surface area contributed by atoms with Gasteiger partial charge >= 0.3 is 0 Å². The summed E-state index contributed by atoms with van der Waals surface area (Å²) < 4.78 is 20.7. The van der Waals surface area contributed by atoms with Crippen molar-refractivity contribution in [1.29, 1.82) is 0 Å². The van der Waals surface area contributed by atoms with E-state index in [1.165, 1.54) is 25.0 Å². The summed E-state index contributed by atoms with van der Waals surface area (Å²) in [4.78, 5) is 4.27. The lowest BCUT2D eigenvalue weighted by atomic mass is 10.2. The fourth-order valence-electron chi connectivity index (χ4n) is 2.19. The second-order valence-electron chi connectivity index (χ2n) is 5.17. The number of thioether (sulfide) groups is 1. The van der Waals surface area contributed by atoms with Crippen LogP contribution in [0.5, 0.6) is 0 Å². The highest BCUT2D eigenvalue weighted by Gasteiger charge is 2.26. The first-order valence-corrected chi connectivity index (χ1v) is 8.01. The largest absolute Gasteiger partial charge is 0.440 e. The van der Waals surface area contributed by atoms with Crippen LogP contribution < -0.4 is 0 Å². The summed E-state index contributed by atoms with van der Waals surface area (Å²) in [5.41, 5.74) is 0.811. The normalized spacial score (nSPS) is 14.4. The molecule has 0 saturated heterocycles. The Balaban J connectivity index is 1.45. The molecule has 0 bridgehead atoms. The van der Waals surface area contributed by atoms with Gasteiger partial charge in [0.25, 0.3) is 0 Å². The fourth-order valence-corrected chi connectivity index (χ4v) is 3.03. The maximum Gasteiger partial charge on any atom is 0.205 e. The number of benzene rings is 1. The lowest BCUT2D eigenvalue weighted by Gasteiger charge is -2.02. The molecule has 0 unspecified atom stereocenters. The number of rotatable bonds is 5. The number of aromatic nitrogens is 4. The lowest BCUT2D eigenvalue weighted by Crippen LogP contribution is -1.94. The molecule has 1 aromatic carbocycles. The van der Waals surface area contributed by atoms with Crippen molar-refractivity contribution in [3.05, 3.63) is 48.5 Å². The van der Waals surface area contributed by atoms with Gasteiger partial charge in [0.05, 0.1) is 11.9 Å². The van der Waals surface area contributed by atoms with E-state index in [4.69, 9.17) is 4.42 Å². The molecular weight excluding hydrogens is 303 g/mol. The van der Waals surface area contributed by atoms with E-state index in [0.717, 1.165) is 10.7 Å². The second kappa shape index (κ2) is 5.57. The van der Waals surface area contributed by atoms with Crippen LogP contribution in [0.2, 0.25) is 0 Å². The molecule has 0 amide bonds. The molecule has 3 aromatic rings. The van der Waals surface area contributed by atoms with Gasteiger partial charge in [-0.05, 0) is 37.1 Å². The zero-order chi connectivity index (χ0) is 14.9. The zero-order valence-electron chi connectivity index (χ0n) is 11.6. The van der Waals surface area contributed by atoms with E-state index < -0.39 is 0 Å². The van der Waals surface area contributed by atoms with Crippen molar-refractivity contribution in [3.8, 4) is 11.3 Å². The van der Waals surface area contributed by atoms with E-state index >= 15 is 0 Å². The average Bonchev–Trinajstić information content (AvgIpc) is 3.09. The number of halogens is 1. The predicted octanol–water partition coefficient (Wildman–Crippen LogP) is 3.70. The predicted molar refractivity (Wildman–Crippen MR) is 79.8 cm³/mol. The van der Waals surface area contributed by atoms with Gasteiger partial charge in [-0.25, -0.2) is 9.37 Å². The van der Waals surface area contributed by atoms with Crippen LogP contribution in [0.1, 0.15) is 24.8 Å². The van der Waals surface area contributed by atoms with Crippen LogP contribution in [-0.4, -0.2) is 19.7 Å². The first kappa shape index (κ1) is 13.5. The van der Waals surface area contributed by atoms with Crippen LogP contribution in [0.3, 0.4) is 0 Å². The first-order valence-electron chi connectivity index (χ1n) is 7.02. The van der Waals surface area contributed by atoms with Crippen molar-refractivity contribution < 1.29 is 8.81 Å². The molecule has 2 heterocycles. The molecule has 112 valence electrons. The minimum Gasteiger partial charge on any atom is -0.440 e. The van der Waals surface area contributed by atoms with Crippen LogP contribution in [0.25, 0.3) is 11.3 Å². The number of hydrogen-bond acceptors (Lipinski definition) is 5. The Morgan fingerprint density at radius 2 is 2.09 bits per heavy atom. The average molecular weight is 316 g/mol. The quantitative estimate of drug-likeness (QED) is 0.672. The van der Waals surface area contributed by atoms with Crippen LogP contribution in [0.15, 0.2) is 46.4 Å². The molecule has 1 aliphatic carbocycles. The summed E-state index contributed by atoms with van der Waals surface area (Å²) >= 11 is 1.56. The van der Waals surface area contributed by atoms with E-state index in [0.29, 0.717) is 23.4 Å². The van der Waals surface area contributed by atoms with Crippen LogP contribution in [0, 0.1) is 5.82 Å². The minimum atomic E-state index is -0.265. The molecule has 2 aromatic heterocycles. The van der Waals surface area contributed by atoms with Crippen LogP contribution >= 0.6 is 11.8 Å². The van der Waals surface area contributed by atoms with Gasteiger partial charge in [0.2, 0.25) is 5.89 Å². The summed E-state index contributed by atoms with van der Waals surface area (Å²) in [6.45, 7) is 0. The van der Waals surface area contributed by atoms with Crippen molar-refractivity contribution in [2.75, 3.05) is 0 Å². The molecule has 0 spiro atoms. The Morgan fingerprint density at radius 1 is 1.27 bits per heavy atom. The SMILES string of the molecule is Fc1ccc(-c2cnc(CSc3nncn3C3CC3)o2)cc1. The Morgan fingerprint density at radius 3 is 2.86 bits per heavy atom. The molecule has 1 saturated carbocycles. The summed E-state index contributed by atoms with van der Waals surface area (Å²) in [6.07, 6.45) is 5.83. The minimum absolute atomic E-state index is 0.265. The van der Waals surface area contributed by atoms with E-state index in [9.17, 15) is 4.39 Å². The number of oxazole rings is 1. The van der Waals surface area contributed by atoms with Crippen molar-refractivity contribution in [3.63, 3.8) is 0 Å². The molecule has 0 atom stereocenters. The standard InChI is InChI=1S/C15H13FN4OS/c16-11-3-1-10(2-4-11)13-7-17-14(21-13)8-22-15-19-18-9-20(15)12-5-6-12/h1-4,7,9,12H,5-6,8H2. The highest BCUT2D eigenvalue weighted by Crippen LogP contribution is 2.37. The zero-order valence-corrected chi connectivity index (χ0v) is 12.5. The van der Waals surface area contributed by atoms with Crippen LogP contribution in [-0.2, 0) is 5.75 Å². The summed E-state index contributed by atoms with van der Waals surface area (Å²) in [5, 5.41) is 8.99. The summed E-state index contributed by atoms with van der Waals surface area (Å²) in [6, 6.07) is 6.72. The third kappa shape index (κ3) is 2.76. The Bertz CT molecular complexity index is 779. The lowest BCUT2D eigenvalue weighted by molar-refractivity contribution is 0.529. The van der Waals surface area contributed by atoms with E-state index in [1.54, 1.807) is 36.4 Å². The third-order valence-electron chi connectivity index (χ3n) is 3.49. The fraction of sp³-hybridized carbons (Fsp3) is 0.267. The molecular formula is C15H13FN4OS. The van der Waals surface area contributed by atoms with Gasteiger partial charge in [-0.2, -0.15) is 0 Å². The van der Waals surface area contributed by atoms with Gasteiger partial charge in [-0.1, -0.05) is 11.8 Å². The highest BCUT2D eigenvalue weighted by atomic mass is 32.2. The number of hydrogen-bond donors (Lipinski definition) is 0. The summed E-state index contributed by atoms with van der Waals surface area (Å²) in [5.74, 6) is 1.58. The molecule has 0 radical (unpaired) electrons. The topological polar surface area (TPSA) is 56.7 Å². The first-order chi connectivity index (χ1) is 10.8. The van der Waals surface area contributed by atoms with Crippen molar-refractivity contribution >= 4 is 11.8 Å². The van der Waals surface area contributed by atoms with Gasteiger partial charge in [0.1, 0.15) is 12.1 Å². The van der Waals surface area contributed by atoms with E-state index in [1.807, 2.05) is 0 Å². The van der Waals surface area contributed by atoms with Gasteiger partial charge < -0.3 is 8.98 Å². The van der Waals surface area contributed by atoms with Gasteiger partial charge in [-0.15, -0.1) is 10.2 Å². The van der Waals surface area contributed by atoms with Crippen molar-refractivity contribution in [1.82, 2.24) is 19.7 Å². The van der Waals surface area contributed by atoms with Crippen LogP contribution in [0.4, 0.5) is 4.39 Å². The summed E-state index contributed by atoms with van der Waals surface area (Å²) in [7, 11) is 0. The van der Waals surface area contributed by atoms with Crippen molar-refractivity contribution in [2.45, 2.75) is 29.8 Å². The maximum absolute atomic E-state index is 12.9. The van der Waals surface area contributed by atoms with E-state index in [-0.39, 0.29) is 5.82 Å². The molecule has 1 fully saturated rings. The number of nitrogens with zero attached hydrogens (tertiary/aromatic N) is 4. The van der Waals surface area contributed by atoms with Gasteiger partial charge in [0.15, 0.2) is 10.9 Å². The van der Waals surface area contributed by atoms with Gasteiger partial charge in [-0.3, -0.25) is 0 Å². The maximum atomic E-state index is 12.9. The highest BCUT2D eigenvalue weighted by molar-refractivity contribution is 7.98. The molecule has 22 heavy (non-hydrogen) atoms. The molecule has 0 aliphatic heterocycles. The Hall–Kier alpha value is -2.15. The third-order valence-corrected chi connectivity index (χ3v) is 4.43.